The second-order valence-corrected chi connectivity index (χ2v) is 5.29. The normalized spacial score (nSPS) is 30.2. The van der Waals surface area contributed by atoms with Crippen molar-refractivity contribution in [2.24, 2.45) is 17.3 Å². The van der Waals surface area contributed by atoms with Crippen molar-refractivity contribution < 1.29 is 4.79 Å². The van der Waals surface area contributed by atoms with Gasteiger partial charge in [0.2, 0.25) is 0 Å². The minimum absolute atomic E-state index is 0.157. The molecule has 0 spiro atoms. The predicted octanol–water partition coefficient (Wildman–Crippen LogP) is 3.20. The van der Waals surface area contributed by atoms with Crippen molar-refractivity contribution in [3.63, 3.8) is 0 Å². The molecule has 1 aliphatic carbocycles. The lowest BCUT2D eigenvalue weighted by atomic mass is 9.73. The van der Waals surface area contributed by atoms with E-state index in [0.717, 1.165) is 6.42 Å². The zero-order valence-electron chi connectivity index (χ0n) is 9.35. The summed E-state index contributed by atoms with van der Waals surface area (Å²) in [5, 5.41) is 0. The number of carbonyl (C=O) groups excluding carboxylic acids is 1. The summed E-state index contributed by atoms with van der Waals surface area (Å²) < 4.78 is 0. The molecule has 0 heterocycles. The topological polar surface area (TPSA) is 17.1 Å². The smallest absolute Gasteiger partial charge is 0.158 e. The van der Waals surface area contributed by atoms with Crippen molar-refractivity contribution in [2.75, 3.05) is 0 Å². The van der Waals surface area contributed by atoms with E-state index >= 15 is 0 Å². The van der Waals surface area contributed by atoms with Crippen molar-refractivity contribution >= 4 is 5.78 Å². The van der Waals surface area contributed by atoms with Crippen LogP contribution in [0.5, 0.6) is 0 Å². The lowest BCUT2D eigenvalue weighted by molar-refractivity contribution is -0.119. The van der Waals surface area contributed by atoms with Crippen LogP contribution in [-0.4, -0.2) is 5.78 Å². The summed E-state index contributed by atoms with van der Waals surface area (Å²) in [6.45, 7) is 10.7. The fourth-order valence-corrected chi connectivity index (χ4v) is 1.69. The van der Waals surface area contributed by atoms with Crippen molar-refractivity contribution in [1.82, 2.24) is 0 Å². The maximum absolute atomic E-state index is 11.6. The van der Waals surface area contributed by atoms with Gasteiger partial charge in [-0.05, 0) is 23.8 Å². The third-order valence-corrected chi connectivity index (χ3v) is 3.12. The molecule has 13 heavy (non-hydrogen) atoms. The van der Waals surface area contributed by atoms with Crippen LogP contribution >= 0.6 is 0 Å². The van der Waals surface area contributed by atoms with Crippen LogP contribution < -0.4 is 0 Å². The largest absolute Gasteiger partial charge is 0.295 e. The van der Waals surface area contributed by atoms with Crippen LogP contribution in [0, 0.1) is 17.3 Å². The Morgan fingerprint density at radius 3 is 2.23 bits per heavy atom. The Kier molecular flexibility index (Phi) is 2.65. The second-order valence-electron chi connectivity index (χ2n) is 5.29. The molecule has 0 aromatic rings. The van der Waals surface area contributed by atoms with Gasteiger partial charge in [-0.1, -0.05) is 40.2 Å². The molecule has 1 aliphatic rings. The van der Waals surface area contributed by atoms with Gasteiger partial charge in [-0.15, -0.1) is 0 Å². The first-order chi connectivity index (χ1) is 5.82. The van der Waals surface area contributed by atoms with Crippen LogP contribution in [0.2, 0.25) is 0 Å². The SMILES string of the molecule is C[C@@H]1CC(C(C)(C)C)=CC(=O)[C@H]1C. The van der Waals surface area contributed by atoms with E-state index in [1.165, 1.54) is 5.57 Å². The first-order valence-electron chi connectivity index (χ1n) is 5.07. The molecule has 1 nitrogen and oxygen atoms in total. The number of hydrogen-bond donors (Lipinski definition) is 0. The fraction of sp³-hybridized carbons (Fsp3) is 0.750. The molecule has 0 unspecified atom stereocenters. The van der Waals surface area contributed by atoms with Gasteiger partial charge in [0.1, 0.15) is 0 Å². The van der Waals surface area contributed by atoms with E-state index in [0.29, 0.717) is 11.7 Å². The maximum atomic E-state index is 11.6. The second kappa shape index (κ2) is 3.28. The highest BCUT2D eigenvalue weighted by atomic mass is 16.1. The predicted molar refractivity (Wildman–Crippen MR) is 55.5 cm³/mol. The number of rotatable bonds is 0. The molecule has 0 aliphatic heterocycles. The number of hydrogen-bond acceptors (Lipinski definition) is 1. The summed E-state index contributed by atoms with van der Waals surface area (Å²) in [4.78, 5) is 11.6. The Bertz CT molecular complexity index is 242. The molecule has 2 atom stereocenters. The summed E-state index contributed by atoms with van der Waals surface area (Å²) in [5.74, 6) is 1.03. The van der Waals surface area contributed by atoms with Gasteiger partial charge in [-0.2, -0.15) is 0 Å². The van der Waals surface area contributed by atoms with E-state index in [2.05, 4.69) is 27.7 Å². The van der Waals surface area contributed by atoms with E-state index in [9.17, 15) is 4.79 Å². The average Bonchev–Trinajstić information content (AvgIpc) is 1.97. The average molecular weight is 180 g/mol. The molecule has 0 bridgehead atoms. The minimum Gasteiger partial charge on any atom is -0.295 e. The van der Waals surface area contributed by atoms with E-state index in [1.54, 1.807) is 0 Å². The monoisotopic (exact) mass is 180 g/mol. The van der Waals surface area contributed by atoms with Gasteiger partial charge in [0.15, 0.2) is 5.78 Å². The Morgan fingerprint density at radius 1 is 1.31 bits per heavy atom. The molecule has 74 valence electrons. The summed E-state index contributed by atoms with van der Waals surface area (Å²) in [6.07, 6.45) is 2.95. The van der Waals surface area contributed by atoms with Crippen molar-refractivity contribution in [3.8, 4) is 0 Å². The standard InChI is InChI=1S/C12H20O/c1-8-6-10(12(3,4)5)7-11(13)9(8)2/h7-9H,6H2,1-5H3/t8-,9+/m1/s1. The summed E-state index contributed by atoms with van der Waals surface area (Å²) in [5.41, 5.74) is 1.47. The van der Waals surface area contributed by atoms with Crippen molar-refractivity contribution in [3.05, 3.63) is 11.6 Å². The Morgan fingerprint density at radius 2 is 1.85 bits per heavy atom. The quantitative estimate of drug-likeness (QED) is 0.559. The molecule has 0 saturated heterocycles. The van der Waals surface area contributed by atoms with Crippen LogP contribution in [0.3, 0.4) is 0 Å². The molecule has 0 saturated carbocycles. The minimum atomic E-state index is 0.157. The van der Waals surface area contributed by atoms with Gasteiger partial charge in [-0.25, -0.2) is 0 Å². The highest BCUT2D eigenvalue weighted by Crippen LogP contribution is 2.36. The van der Waals surface area contributed by atoms with Crippen LogP contribution in [0.4, 0.5) is 0 Å². The van der Waals surface area contributed by atoms with Crippen LogP contribution in [0.15, 0.2) is 11.6 Å². The number of ketones is 1. The maximum Gasteiger partial charge on any atom is 0.158 e. The fourth-order valence-electron chi connectivity index (χ4n) is 1.69. The van der Waals surface area contributed by atoms with Crippen molar-refractivity contribution in [2.45, 2.75) is 41.0 Å². The van der Waals surface area contributed by atoms with Crippen molar-refractivity contribution in [1.29, 1.82) is 0 Å². The molecular formula is C12H20O. The third-order valence-electron chi connectivity index (χ3n) is 3.12. The van der Waals surface area contributed by atoms with Gasteiger partial charge in [0.05, 0.1) is 0 Å². The zero-order chi connectivity index (χ0) is 10.2. The Hall–Kier alpha value is -0.590. The Labute approximate surface area is 81.2 Å². The van der Waals surface area contributed by atoms with E-state index in [1.807, 2.05) is 13.0 Å². The molecule has 0 N–H and O–H groups in total. The zero-order valence-corrected chi connectivity index (χ0v) is 9.35. The van der Waals surface area contributed by atoms with Gasteiger partial charge < -0.3 is 0 Å². The van der Waals surface area contributed by atoms with E-state index in [-0.39, 0.29) is 11.3 Å². The summed E-state index contributed by atoms with van der Waals surface area (Å²) in [6, 6.07) is 0. The molecule has 0 aromatic heterocycles. The first kappa shape index (κ1) is 10.5. The molecule has 1 heteroatoms. The van der Waals surface area contributed by atoms with Crippen LogP contribution in [0.1, 0.15) is 41.0 Å². The van der Waals surface area contributed by atoms with E-state index < -0.39 is 0 Å². The van der Waals surface area contributed by atoms with Crippen LogP contribution in [0.25, 0.3) is 0 Å². The first-order valence-corrected chi connectivity index (χ1v) is 5.07. The molecular weight excluding hydrogens is 160 g/mol. The Balaban J connectivity index is 2.92. The lowest BCUT2D eigenvalue weighted by Crippen LogP contribution is -2.26. The van der Waals surface area contributed by atoms with Gasteiger partial charge in [0.25, 0.3) is 0 Å². The van der Waals surface area contributed by atoms with Crippen LogP contribution in [-0.2, 0) is 4.79 Å². The molecule has 0 fully saturated rings. The lowest BCUT2D eigenvalue weighted by Gasteiger charge is -2.31. The molecule has 1 rings (SSSR count). The number of allylic oxidation sites excluding steroid dienone is 2. The molecule has 0 radical (unpaired) electrons. The summed E-state index contributed by atoms with van der Waals surface area (Å²) in [7, 11) is 0. The number of carbonyl (C=O) groups is 1. The highest BCUT2D eigenvalue weighted by Gasteiger charge is 2.29. The highest BCUT2D eigenvalue weighted by molar-refractivity contribution is 5.93. The third kappa shape index (κ3) is 2.20. The van der Waals surface area contributed by atoms with Gasteiger partial charge >= 0.3 is 0 Å². The summed E-state index contributed by atoms with van der Waals surface area (Å²) >= 11 is 0. The van der Waals surface area contributed by atoms with Gasteiger partial charge in [0, 0.05) is 5.92 Å². The molecule has 0 amide bonds. The van der Waals surface area contributed by atoms with E-state index in [4.69, 9.17) is 0 Å². The van der Waals surface area contributed by atoms with Gasteiger partial charge in [-0.3, -0.25) is 4.79 Å². The molecule has 0 aromatic carbocycles.